The van der Waals surface area contributed by atoms with Crippen molar-refractivity contribution in [2.24, 2.45) is 5.92 Å². The minimum absolute atomic E-state index is 0.00877. The first kappa shape index (κ1) is 30.9. The first-order valence-electron chi connectivity index (χ1n) is 15.9. The lowest BCUT2D eigenvalue weighted by molar-refractivity contribution is -0.114. The predicted octanol–water partition coefficient (Wildman–Crippen LogP) is 7.67. The largest absolute Gasteiger partial charge is 0.351 e. The summed E-state index contributed by atoms with van der Waals surface area (Å²) in [5.74, 6) is 0.666. The van der Waals surface area contributed by atoms with Crippen LogP contribution in [0.15, 0.2) is 107 Å². The van der Waals surface area contributed by atoms with Gasteiger partial charge in [0, 0.05) is 23.5 Å². The maximum absolute atomic E-state index is 13.8. The molecule has 6 rings (SSSR count). The summed E-state index contributed by atoms with van der Waals surface area (Å²) in [4.78, 5) is 32.7. The van der Waals surface area contributed by atoms with E-state index in [0.29, 0.717) is 23.6 Å². The Hall–Kier alpha value is -4.13. The van der Waals surface area contributed by atoms with Crippen molar-refractivity contribution in [1.29, 1.82) is 0 Å². The number of rotatable bonds is 9. The minimum atomic E-state index is -0.0649. The summed E-state index contributed by atoms with van der Waals surface area (Å²) in [6.07, 6.45) is 5.50. The van der Waals surface area contributed by atoms with Crippen molar-refractivity contribution in [3.63, 3.8) is 0 Å². The number of hydrogen-bond donors (Lipinski definition) is 1. The van der Waals surface area contributed by atoms with Crippen LogP contribution in [0, 0.1) is 19.8 Å². The Labute approximate surface area is 271 Å². The fraction of sp³-hybridized carbons (Fsp3) is 0.282. The number of amides is 2. The normalized spacial score (nSPS) is 16.5. The highest BCUT2D eigenvalue weighted by Gasteiger charge is 2.29. The molecule has 6 heteroatoms. The van der Waals surface area contributed by atoms with Gasteiger partial charge in [0.05, 0.1) is 17.1 Å². The number of fused-ring (bicyclic) bond motifs is 1. The van der Waals surface area contributed by atoms with Crippen molar-refractivity contribution in [2.45, 2.75) is 44.6 Å². The van der Waals surface area contributed by atoms with Crippen molar-refractivity contribution in [2.75, 3.05) is 31.1 Å². The van der Waals surface area contributed by atoms with Crippen LogP contribution in [-0.4, -0.2) is 42.9 Å². The third-order valence-electron chi connectivity index (χ3n) is 8.92. The zero-order chi connectivity index (χ0) is 31.2. The summed E-state index contributed by atoms with van der Waals surface area (Å²) in [7, 11) is 0. The molecule has 0 saturated carbocycles. The smallest absolute Gasteiger partial charge is 0.265 e. The maximum Gasteiger partial charge on any atom is 0.265 e. The van der Waals surface area contributed by atoms with E-state index in [1.807, 2.05) is 53.4 Å². The molecule has 0 unspecified atom stereocenters. The Kier molecular flexibility index (Phi) is 9.82. The Balaban J connectivity index is 1.04. The first-order valence-corrected chi connectivity index (χ1v) is 16.8. The van der Waals surface area contributed by atoms with Crippen molar-refractivity contribution in [3.8, 4) is 0 Å². The van der Waals surface area contributed by atoms with E-state index in [0.717, 1.165) is 53.7 Å². The molecule has 0 radical (unpaired) electrons. The fourth-order valence-corrected chi connectivity index (χ4v) is 7.29. The standard InChI is InChI=1S/C39H41N3O2S/c1-28-12-13-29(2)34(24-28)27-42-35-10-6-7-11-36(35)45-37(39(42)44)26-31-14-16-33(17-15-31)38(43)40-20-23-41-21-18-32(19-22-41)25-30-8-4-3-5-9-30/h3-17,24,26,32H,18-23,25,27H2,1-2H3,(H,40,43)/b37-26+. The molecule has 0 spiro atoms. The van der Waals surface area contributed by atoms with Crippen molar-refractivity contribution in [3.05, 3.63) is 135 Å². The lowest BCUT2D eigenvalue weighted by Gasteiger charge is -2.32. The number of anilines is 1. The summed E-state index contributed by atoms with van der Waals surface area (Å²) in [5.41, 5.74) is 7.39. The van der Waals surface area contributed by atoms with Gasteiger partial charge >= 0.3 is 0 Å². The molecule has 4 aromatic carbocycles. The summed E-state index contributed by atoms with van der Waals surface area (Å²) >= 11 is 1.50. The molecule has 0 atom stereocenters. The van der Waals surface area contributed by atoms with Gasteiger partial charge in [-0.3, -0.25) is 9.59 Å². The van der Waals surface area contributed by atoms with Crippen LogP contribution in [-0.2, 0) is 17.8 Å². The van der Waals surface area contributed by atoms with Gasteiger partial charge < -0.3 is 15.1 Å². The molecule has 0 aromatic heterocycles. The number of para-hydroxylation sites is 1. The quantitative estimate of drug-likeness (QED) is 0.196. The molecule has 0 aliphatic carbocycles. The van der Waals surface area contributed by atoms with Gasteiger partial charge in [0.2, 0.25) is 0 Å². The maximum atomic E-state index is 13.8. The molecule has 230 valence electrons. The van der Waals surface area contributed by atoms with Gasteiger partial charge in [-0.2, -0.15) is 0 Å². The van der Waals surface area contributed by atoms with Crippen LogP contribution in [0.5, 0.6) is 0 Å². The summed E-state index contributed by atoms with van der Waals surface area (Å²) in [6.45, 7) is 8.36. The number of thioether (sulfide) groups is 1. The van der Waals surface area contributed by atoms with E-state index in [1.54, 1.807) is 0 Å². The van der Waals surface area contributed by atoms with E-state index >= 15 is 0 Å². The number of carbonyl (C=O) groups is 2. The van der Waals surface area contributed by atoms with Crippen LogP contribution in [0.25, 0.3) is 6.08 Å². The van der Waals surface area contributed by atoms with E-state index < -0.39 is 0 Å². The Morgan fingerprint density at radius 1 is 0.911 bits per heavy atom. The highest BCUT2D eigenvalue weighted by Crippen LogP contribution is 2.42. The zero-order valence-electron chi connectivity index (χ0n) is 26.2. The third kappa shape index (κ3) is 7.75. The number of benzene rings is 4. The van der Waals surface area contributed by atoms with E-state index in [-0.39, 0.29) is 11.8 Å². The molecule has 1 N–H and O–H groups in total. The third-order valence-corrected chi connectivity index (χ3v) is 10.0. The molecule has 1 fully saturated rings. The SMILES string of the molecule is Cc1ccc(C)c(CN2C(=O)/C(=C\c3ccc(C(=O)NCCN4CCC(Cc5ccccc5)CC4)cc3)Sc3ccccc32)c1. The minimum Gasteiger partial charge on any atom is -0.351 e. The second kappa shape index (κ2) is 14.3. The molecule has 2 amide bonds. The lowest BCUT2D eigenvalue weighted by atomic mass is 9.90. The van der Waals surface area contributed by atoms with Crippen LogP contribution in [0.3, 0.4) is 0 Å². The lowest BCUT2D eigenvalue weighted by Crippen LogP contribution is -2.39. The molecular formula is C39H41N3O2S. The topological polar surface area (TPSA) is 52.7 Å². The van der Waals surface area contributed by atoms with Gasteiger partial charge in [0.1, 0.15) is 0 Å². The second-order valence-corrected chi connectivity index (χ2v) is 13.3. The number of piperidine rings is 1. The molecule has 2 heterocycles. The monoisotopic (exact) mass is 615 g/mol. The number of hydrogen-bond acceptors (Lipinski definition) is 4. The molecular weight excluding hydrogens is 575 g/mol. The average molecular weight is 616 g/mol. The number of nitrogens with zero attached hydrogens (tertiary/aromatic N) is 2. The second-order valence-electron chi connectivity index (χ2n) is 12.3. The average Bonchev–Trinajstić information content (AvgIpc) is 3.06. The summed E-state index contributed by atoms with van der Waals surface area (Å²) in [6, 6.07) is 32.7. The van der Waals surface area contributed by atoms with Gasteiger partial charge in [-0.1, -0.05) is 90.1 Å². The molecule has 2 aliphatic heterocycles. The van der Waals surface area contributed by atoms with E-state index in [9.17, 15) is 9.59 Å². The van der Waals surface area contributed by atoms with Crippen molar-refractivity contribution >= 4 is 35.3 Å². The van der Waals surface area contributed by atoms with Crippen LogP contribution >= 0.6 is 11.8 Å². The highest BCUT2D eigenvalue weighted by atomic mass is 32.2. The van der Waals surface area contributed by atoms with Gasteiger partial charge in [0.25, 0.3) is 11.8 Å². The number of aryl methyl sites for hydroxylation is 2. The van der Waals surface area contributed by atoms with Crippen molar-refractivity contribution < 1.29 is 9.59 Å². The van der Waals surface area contributed by atoms with E-state index in [4.69, 9.17) is 0 Å². The van der Waals surface area contributed by atoms with Crippen LogP contribution in [0.2, 0.25) is 0 Å². The van der Waals surface area contributed by atoms with Crippen LogP contribution in [0.4, 0.5) is 5.69 Å². The zero-order valence-corrected chi connectivity index (χ0v) is 27.0. The van der Waals surface area contributed by atoms with Gasteiger partial charge in [-0.25, -0.2) is 0 Å². The van der Waals surface area contributed by atoms with Gasteiger partial charge in [-0.15, -0.1) is 0 Å². The molecule has 4 aromatic rings. The fourth-order valence-electron chi connectivity index (χ4n) is 6.23. The Morgan fingerprint density at radius 2 is 1.64 bits per heavy atom. The predicted molar refractivity (Wildman–Crippen MR) is 185 cm³/mol. The number of nitrogens with one attached hydrogen (secondary N) is 1. The van der Waals surface area contributed by atoms with Crippen molar-refractivity contribution in [1.82, 2.24) is 10.2 Å². The molecule has 45 heavy (non-hydrogen) atoms. The Morgan fingerprint density at radius 3 is 2.42 bits per heavy atom. The summed E-state index contributed by atoms with van der Waals surface area (Å²) < 4.78 is 0. The number of carbonyl (C=O) groups excluding carboxylic acids is 2. The van der Waals surface area contributed by atoms with Gasteiger partial charge in [0.15, 0.2) is 0 Å². The molecule has 0 bridgehead atoms. The summed E-state index contributed by atoms with van der Waals surface area (Å²) in [5, 5.41) is 3.09. The molecule has 2 aliphatic rings. The van der Waals surface area contributed by atoms with Gasteiger partial charge in [-0.05, 0) is 105 Å². The molecule has 1 saturated heterocycles. The molecule has 5 nitrogen and oxygen atoms in total. The Bertz CT molecular complexity index is 1670. The van der Waals surface area contributed by atoms with E-state index in [2.05, 4.69) is 78.7 Å². The number of likely N-dealkylation sites (tertiary alicyclic amines) is 1. The first-order chi connectivity index (χ1) is 21.9. The van der Waals surface area contributed by atoms with Crippen LogP contribution in [0.1, 0.15) is 51.0 Å². The van der Waals surface area contributed by atoms with Crippen LogP contribution < -0.4 is 10.2 Å². The van der Waals surface area contributed by atoms with E-state index in [1.165, 1.54) is 41.3 Å². The highest BCUT2D eigenvalue weighted by molar-refractivity contribution is 8.04.